The number of rotatable bonds is 5. The number of nitrogens with one attached hydrogen (secondary N) is 2. The SMILES string of the molecule is COC(=O)c1[nH]c2ccc(Cl)cc2c1NC(=O)C(C)N1CCN(c2cccc(Cl)c2)CC1. The van der Waals surface area contributed by atoms with Crippen LogP contribution in [0.25, 0.3) is 10.9 Å². The van der Waals surface area contributed by atoms with E-state index in [0.717, 1.165) is 31.9 Å². The lowest BCUT2D eigenvalue weighted by Crippen LogP contribution is -2.52. The first-order chi connectivity index (χ1) is 15.4. The fraction of sp³-hybridized carbons (Fsp3) is 0.304. The summed E-state index contributed by atoms with van der Waals surface area (Å²) in [7, 11) is 1.30. The monoisotopic (exact) mass is 474 g/mol. The van der Waals surface area contributed by atoms with Crippen LogP contribution in [0.15, 0.2) is 42.5 Å². The second kappa shape index (κ2) is 9.40. The Morgan fingerprint density at radius 1 is 1.06 bits per heavy atom. The van der Waals surface area contributed by atoms with E-state index in [-0.39, 0.29) is 17.6 Å². The summed E-state index contributed by atoms with van der Waals surface area (Å²) in [6, 6.07) is 12.6. The van der Waals surface area contributed by atoms with Gasteiger partial charge in [-0.15, -0.1) is 0 Å². The van der Waals surface area contributed by atoms with Gasteiger partial charge in [0.25, 0.3) is 0 Å². The van der Waals surface area contributed by atoms with Gasteiger partial charge in [0, 0.05) is 52.8 Å². The van der Waals surface area contributed by atoms with Gasteiger partial charge in [0.05, 0.1) is 18.8 Å². The molecule has 2 aromatic carbocycles. The highest BCUT2D eigenvalue weighted by Crippen LogP contribution is 2.31. The zero-order valence-corrected chi connectivity index (χ0v) is 19.3. The molecule has 3 aromatic rings. The fourth-order valence-electron chi connectivity index (χ4n) is 3.98. The maximum atomic E-state index is 13.1. The van der Waals surface area contributed by atoms with Crippen LogP contribution in [0.3, 0.4) is 0 Å². The maximum absolute atomic E-state index is 13.1. The van der Waals surface area contributed by atoms with Gasteiger partial charge < -0.3 is 19.9 Å². The van der Waals surface area contributed by atoms with Crippen LogP contribution < -0.4 is 10.2 Å². The number of nitrogens with zero attached hydrogens (tertiary/aromatic N) is 2. The third-order valence-electron chi connectivity index (χ3n) is 5.81. The van der Waals surface area contributed by atoms with Gasteiger partial charge in [0.15, 0.2) is 0 Å². The molecule has 1 aliphatic rings. The van der Waals surface area contributed by atoms with Gasteiger partial charge in [-0.3, -0.25) is 9.69 Å². The lowest BCUT2D eigenvalue weighted by Gasteiger charge is -2.38. The molecule has 7 nitrogen and oxygen atoms in total. The molecular formula is C23H24Cl2N4O3. The van der Waals surface area contributed by atoms with Crippen molar-refractivity contribution in [2.24, 2.45) is 0 Å². The molecule has 1 amide bonds. The average molecular weight is 475 g/mol. The number of piperazine rings is 1. The van der Waals surface area contributed by atoms with Crippen molar-refractivity contribution in [3.8, 4) is 0 Å². The number of fused-ring (bicyclic) bond motifs is 1. The molecule has 1 saturated heterocycles. The highest BCUT2D eigenvalue weighted by Gasteiger charge is 2.28. The van der Waals surface area contributed by atoms with Crippen LogP contribution >= 0.6 is 23.2 Å². The number of hydrogen-bond donors (Lipinski definition) is 2. The molecule has 9 heteroatoms. The number of esters is 1. The number of anilines is 2. The summed E-state index contributed by atoms with van der Waals surface area (Å²) in [4.78, 5) is 32.8. The molecule has 1 aliphatic heterocycles. The summed E-state index contributed by atoms with van der Waals surface area (Å²) in [6.45, 7) is 4.89. The predicted octanol–water partition coefficient (Wildman–Crippen LogP) is 4.41. The number of aromatic amines is 1. The summed E-state index contributed by atoms with van der Waals surface area (Å²) >= 11 is 12.3. The number of halogens is 2. The van der Waals surface area contributed by atoms with Crippen LogP contribution in [0.1, 0.15) is 17.4 Å². The number of ether oxygens (including phenoxy) is 1. The summed E-state index contributed by atoms with van der Waals surface area (Å²) < 4.78 is 4.88. The molecule has 0 aliphatic carbocycles. The first-order valence-electron chi connectivity index (χ1n) is 10.3. The van der Waals surface area contributed by atoms with Crippen LogP contribution in [0.4, 0.5) is 11.4 Å². The third kappa shape index (κ3) is 4.55. The van der Waals surface area contributed by atoms with E-state index in [1.165, 1.54) is 7.11 Å². The summed E-state index contributed by atoms with van der Waals surface area (Å²) in [5.74, 6) is -0.761. The van der Waals surface area contributed by atoms with E-state index in [1.807, 2.05) is 31.2 Å². The number of carbonyl (C=O) groups is 2. The molecular weight excluding hydrogens is 451 g/mol. The molecule has 32 heavy (non-hydrogen) atoms. The highest BCUT2D eigenvalue weighted by atomic mass is 35.5. The molecule has 2 heterocycles. The second-order valence-corrected chi connectivity index (χ2v) is 8.60. The van der Waals surface area contributed by atoms with E-state index in [0.29, 0.717) is 26.6 Å². The van der Waals surface area contributed by atoms with Gasteiger partial charge >= 0.3 is 5.97 Å². The highest BCUT2D eigenvalue weighted by molar-refractivity contribution is 6.31. The molecule has 1 atom stereocenters. The number of methoxy groups -OCH3 is 1. The average Bonchev–Trinajstić information content (AvgIpc) is 3.15. The Morgan fingerprint density at radius 3 is 2.47 bits per heavy atom. The summed E-state index contributed by atoms with van der Waals surface area (Å²) in [5, 5.41) is 4.79. The Bertz CT molecular complexity index is 1160. The number of amides is 1. The van der Waals surface area contributed by atoms with E-state index < -0.39 is 5.97 Å². The van der Waals surface area contributed by atoms with Crippen LogP contribution in [-0.4, -0.2) is 61.1 Å². The first kappa shape index (κ1) is 22.5. The van der Waals surface area contributed by atoms with Gasteiger partial charge in [0.2, 0.25) is 5.91 Å². The molecule has 1 unspecified atom stereocenters. The lowest BCUT2D eigenvalue weighted by atomic mass is 10.1. The quantitative estimate of drug-likeness (QED) is 0.535. The van der Waals surface area contributed by atoms with Gasteiger partial charge in [-0.2, -0.15) is 0 Å². The molecule has 0 bridgehead atoms. The Kier molecular flexibility index (Phi) is 6.60. The Balaban J connectivity index is 1.48. The molecule has 0 radical (unpaired) electrons. The summed E-state index contributed by atoms with van der Waals surface area (Å²) in [6.07, 6.45) is 0. The normalized spacial score (nSPS) is 15.6. The Hall–Kier alpha value is -2.74. The van der Waals surface area contributed by atoms with Crippen molar-refractivity contribution in [3.63, 3.8) is 0 Å². The number of carbonyl (C=O) groups excluding carboxylic acids is 2. The minimum absolute atomic E-state index is 0.191. The maximum Gasteiger partial charge on any atom is 0.356 e. The van der Waals surface area contributed by atoms with E-state index in [9.17, 15) is 9.59 Å². The number of benzene rings is 2. The Morgan fingerprint density at radius 2 is 1.78 bits per heavy atom. The number of H-pyrrole nitrogens is 1. The van der Waals surface area contributed by atoms with E-state index in [1.54, 1.807) is 18.2 Å². The minimum Gasteiger partial charge on any atom is -0.464 e. The third-order valence-corrected chi connectivity index (χ3v) is 6.28. The first-order valence-corrected chi connectivity index (χ1v) is 11.1. The molecule has 1 fully saturated rings. The number of hydrogen-bond acceptors (Lipinski definition) is 5. The topological polar surface area (TPSA) is 77.7 Å². The van der Waals surface area contributed by atoms with Crippen LogP contribution in [0.5, 0.6) is 0 Å². The van der Waals surface area contributed by atoms with Gasteiger partial charge in [-0.25, -0.2) is 4.79 Å². The molecule has 0 spiro atoms. The zero-order valence-electron chi connectivity index (χ0n) is 17.8. The van der Waals surface area contributed by atoms with Crippen molar-refractivity contribution in [1.29, 1.82) is 0 Å². The van der Waals surface area contributed by atoms with Gasteiger partial charge in [0.1, 0.15) is 5.69 Å². The van der Waals surface area contributed by atoms with Crippen molar-refractivity contribution < 1.29 is 14.3 Å². The smallest absolute Gasteiger partial charge is 0.356 e. The van der Waals surface area contributed by atoms with Crippen molar-refractivity contribution in [1.82, 2.24) is 9.88 Å². The van der Waals surface area contributed by atoms with E-state index in [2.05, 4.69) is 20.1 Å². The fourth-order valence-corrected chi connectivity index (χ4v) is 4.34. The molecule has 1 aromatic heterocycles. The van der Waals surface area contributed by atoms with Gasteiger partial charge in [-0.05, 0) is 43.3 Å². The van der Waals surface area contributed by atoms with Crippen molar-refractivity contribution >= 4 is 57.4 Å². The van der Waals surface area contributed by atoms with Gasteiger partial charge in [-0.1, -0.05) is 29.3 Å². The standard InChI is InChI=1S/C23H24Cl2N4O3/c1-14(28-8-10-29(11-9-28)17-5-3-4-15(24)12-17)22(30)27-20-18-13-16(25)6-7-19(18)26-21(20)23(31)32-2/h3-7,12-14,26H,8-11H2,1-2H3,(H,27,30). The van der Waals surface area contributed by atoms with E-state index >= 15 is 0 Å². The van der Waals surface area contributed by atoms with E-state index in [4.69, 9.17) is 27.9 Å². The van der Waals surface area contributed by atoms with Crippen molar-refractivity contribution in [3.05, 3.63) is 58.2 Å². The van der Waals surface area contributed by atoms with Crippen molar-refractivity contribution in [2.75, 3.05) is 43.5 Å². The molecule has 0 saturated carbocycles. The van der Waals surface area contributed by atoms with Crippen molar-refractivity contribution in [2.45, 2.75) is 13.0 Å². The molecule has 4 rings (SSSR count). The summed E-state index contributed by atoms with van der Waals surface area (Å²) in [5.41, 5.74) is 2.33. The van der Waals surface area contributed by atoms with Crippen LogP contribution in [0.2, 0.25) is 10.0 Å². The molecule has 2 N–H and O–H groups in total. The van der Waals surface area contributed by atoms with Crippen LogP contribution in [0, 0.1) is 0 Å². The molecule has 168 valence electrons. The Labute approximate surface area is 196 Å². The predicted molar refractivity (Wildman–Crippen MR) is 128 cm³/mol. The lowest BCUT2D eigenvalue weighted by molar-refractivity contribution is -0.120. The minimum atomic E-state index is -0.560. The van der Waals surface area contributed by atoms with Crippen LogP contribution in [-0.2, 0) is 9.53 Å². The number of aromatic nitrogens is 1. The zero-order chi connectivity index (χ0) is 22.8. The largest absolute Gasteiger partial charge is 0.464 e. The second-order valence-electron chi connectivity index (χ2n) is 7.72.